The van der Waals surface area contributed by atoms with E-state index in [0.717, 1.165) is 17.0 Å². The third kappa shape index (κ3) is 2.67. The molecule has 0 amide bonds. The highest BCUT2D eigenvalue weighted by Gasteiger charge is 2.21. The van der Waals surface area contributed by atoms with Crippen LogP contribution in [0.1, 0.15) is 60.8 Å². The molecular weight excluding hydrogens is 220 g/mol. The molecule has 0 atom stereocenters. The average molecular weight is 238 g/mol. The first-order valence-corrected chi connectivity index (χ1v) is 6.93. The Kier molecular flexibility index (Phi) is 4.04. The van der Waals surface area contributed by atoms with Gasteiger partial charge in [0.25, 0.3) is 0 Å². The predicted octanol–water partition coefficient (Wildman–Crippen LogP) is 3.25. The van der Waals surface area contributed by atoms with Crippen molar-refractivity contribution in [1.29, 1.82) is 0 Å². The van der Waals surface area contributed by atoms with Gasteiger partial charge in [0.05, 0.1) is 5.69 Å². The molecule has 0 aliphatic heterocycles. The van der Waals surface area contributed by atoms with Crippen molar-refractivity contribution in [3.63, 3.8) is 0 Å². The molecule has 0 unspecified atom stereocenters. The fourth-order valence-corrected chi connectivity index (χ4v) is 3.09. The highest BCUT2D eigenvalue weighted by atomic mass is 32.1. The number of ketones is 1. The van der Waals surface area contributed by atoms with E-state index in [4.69, 9.17) is 0 Å². The zero-order chi connectivity index (χ0) is 11.4. The zero-order valence-electron chi connectivity index (χ0n) is 9.74. The van der Waals surface area contributed by atoms with E-state index in [2.05, 4.69) is 9.59 Å². The van der Waals surface area contributed by atoms with Gasteiger partial charge in [-0.3, -0.25) is 4.79 Å². The summed E-state index contributed by atoms with van der Waals surface area (Å²) in [7, 11) is 0. The number of carbonyl (C=O) groups excluding carboxylic acids is 1. The second-order valence-corrected chi connectivity index (χ2v) is 5.29. The number of hydrogen-bond donors (Lipinski definition) is 0. The third-order valence-electron chi connectivity index (χ3n) is 3.34. The molecule has 3 nitrogen and oxygen atoms in total. The van der Waals surface area contributed by atoms with Crippen molar-refractivity contribution in [1.82, 2.24) is 9.59 Å². The molecule has 2 rings (SSSR count). The van der Waals surface area contributed by atoms with E-state index in [1.807, 2.05) is 6.92 Å². The van der Waals surface area contributed by atoms with E-state index in [1.165, 1.54) is 43.6 Å². The van der Waals surface area contributed by atoms with E-state index in [1.54, 1.807) is 0 Å². The Bertz CT molecular complexity index is 356. The topological polar surface area (TPSA) is 42.9 Å². The molecule has 88 valence electrons. The van der Waals surface area contributed by atoms with E-state index in [0.29, 0.717) is 12.3 Å². The van der Waals surface area contributed by atoms with Crippen molar-refractivity contribution in [3.8, 4) is 0 Å². The lowest BCUT2D eigenvalue weighted by molar-refractivity contribution is 0.0953. The van der Waals surface area contributed by atoms with Crippen molar-refractivity contribution in [2.24, 2.45) is 5.92 Å². The van der Waals surface area contributed by atoms with Gasteiger partial charge in [-0.05, 0) is 23.9 Å². The summed E-state index contributed by atoms with van der Waals surface area (Å²) in [5.74, 6) is 0.867. The first kappa shape index (κ1) is 11.7. The van der Waals surface area contributed by atoms with Gasteiger partial charge in [-0.25, -0.2) is 0 Å². The lowest BCUT2D eigenvalue weighted by Crippen LogP contribution is -2.12. The van der Waals surface area contributed by atoms with Crippen molar-refractivity contribution in [2.45, 2.75) is 51.9 Å². The van der Waals surface area contributed by atoms with Gasteiger partial charge < -0.3 is 0 Å². The maximum atomic E-state index is 12.1. The van der Waals surface area contributed by atoms with E-state index < -0.39 is 0 Å². The molecule has 1 aliphatic rings. The van der Waals surface area contributed by atoms with Gasteiger partial charge >= 0.3 is 0 Å². The molecule has 1 saturated carbocycles. The van der Waals surface area contributed by atoms with Crippen LogP contribution in [0.3, 0.4) is 0 Å². The Morgan fingerprint density at radius 2 is 2.12 bits per heavy atom. The van der Waals surface area contributed by atoms with Crippen LogP contribution in [0.25, 0.3) is 0 Å². The Balaban J connectivity index is 1.96. The monoisotopic (exact) mass is 238 g/mol. The van der Waals surface area contributed by atoms with Crippen molar-refractivity contribution >= 4 is 17.3 Å². The van der Waals surface area contributed by atoms with Crippen molar-refractivity contribution in [3.05, 3.63) is 10.6 Å². The Morgan fingerprint density at radius 3 is 2.81 bits per heavy atom. The molecule has 1 heterocycles. The highest BCUT2D eigenvalue weighted by Crippen LogP contribution is 2.28. The van der Waals surface area contributed by atoms with Crippen LogP contribution in [0.4, 0.5) is 0 Å². The predicted molar refractivity (Wildman–Crippen MR) is 64.8 cm³/mol. The van der Waals surface area contributed by atoms with Crippen LogP contribution in [0.5, 0.6) is 0 Å². The van der Waals surface area contributed by atoms with Crippen LogP contribution in [0.2, 0.25) is 0 Å². The lowest BCUT2D eigenvalue weighted by atomic mass is 9.85. The molecule has 0 aromatic carbocycles. The summed E-state index contributed by atoms with van der Waals surface area (Å²) in [5, 5.41) is 4.00. The van der Waals surface area contributed by atoms with Gasteiger partial charge in [-0.1, -0.05) is 43.5 Å². The van der Waals surface area contributed by atoms with Gasteiger partial charge in [-0.2, -0.15) is 0 Å². The Labute approximate surface area is 100 Å². The van der Waals surface area contributed by atoms with Crippen LogP contribution >= 0.6 is 11.5 Å². The number of carbonyl (C=O) groups is 1. The van der Waals surface area contributed by atoms with Crippen LogP contribution in [0, 0.1) is 5.92 Å². The van der Waals surface area contributed by atoms with Gasteiger partial charge in [0.1, 0.15) is 4.88 Å². The molecule has 1 aromatic heterocycles. The highest BCUT2D eigenvalue weighted by molar-refractivity contribution is 7.08. The molecule has 0 N–H and O–H groups in total. The minimum atomic E-state index is 0.263. The first-order valence-electron chi connectivity index (χ1n) is 6.15. The maximum Gasteiger partial charge on any atom is 0.176 e. The number of Topliss-reactive ketones (excluding diaryl/α,β-unsaturated/α-hetero) is 1. The number of hydrogen-bond acceptors (Lipinski definition) is 4. The summed E-state index contributed by atoms with van der Waals surface area (Å²) in [6.45, 7) is 2.02. The van der Waals surface area contributed by atoms with Gasteiger partial charge in [0.15, 0.2) is 5.78 Å². The molecule has 4 heteroatoms. The van der Waals surface area contributed by atoms with Crippen LogP contribution in [-0.2, 0) is 6.42 Å². The molecule has 16 heavy (non-hydrogen) atoms. The quantitative estimate of drug-likeness (QED) is 0.756. The number of nitrogens with zero attached hydrogens (tertiary/aromatic N) is 2. The summed E-state index contributed by atoms with van der Waals surface area (Å²) >= 11 is 1.26. The molecule has 0 saturated heterocycles. The average Bonchev–Trinajstić information content (AvgIpc) is 2.78. The van der Waals surface area contributed by atoms with Crippen LogP contribution < -0.4 is 0 Å². The minimum Gasteiger partial charge on any atom is -0.293 e. The Hall–Kier alpha value is -0.770. The first-order chi connectivity index (χ1) is 7.81. The fraction of sp³-hybridized carbons (Fsp3) is 0.750. The lowest BCUT2D eigenvalue weighted by Gasteiger charge is -2.20. The molecule has 1 fully saturated rings. The summed E-state index contributed by atoms with van der Waals surface area (Å²) in [6, 6.07) is 0. The minimum absolute atomic E-state index is 0.263. The van der Waals surface area contributed by atoms with Crippen LogP contribution in [-0.4, -0.2) is 15.4 Å². The second kappa shape index (κ2) is 5.53. The number of aryl methyl sites for hydroxylation is 1. The molecule has 0 radical (unpaired) electrons. The maximum absolute atomic E-state index is 12.1. The largest absolute Gasteiger partial charge is 0.293 e. The SMILES string of the molecule is CCc1nnsc1C(=O)CC1CCCCC1. The number of aromatic nitrogens is 2. The molecule has 1 aromatic rings. The van der Waals surface area contributed by atoms with E-state index >= 15 is 0 Å². The second-order valence-electron chi connectivity index (χ2n) is 4.53. The summed E-state index contributed by atoms with van der Waals surface area (Å²) in [6.07, 6.45) is 7.88. The smallest absolute Gasteiger partial charge is 0.176 e. The van der Waals surface area contributed by atoms with Crippen molar-refractivity contribution in [2.75, 3.05) is 0 Å². The molecule has 0 spiro atoms. The summed E-state index contributed by atoms with van der Waals surface area (Å²) in [4.78, 5) is 12.9. The number of rotatable bonds is 4. The molecule has 0 bridgehead atoms. The van der Waals surface area contributed by atoms with Gasteiger partial charge in [0.2, 0.25) is 0 Å². The van der Waals surface area contributed by atoms with Crippen molar-refractivity contribution < 1.29 is 4.79 Å². The van der Waals surface area contributed by atoms with Crippen LogP contribution in [0.15, 0.2) is 0 Å². The van der Waals surface area contributed by atoms with E-state index in [-0.39, 0.29) is 5.78 Å². The molecular formula is C12H18N2OS. The van der Waals surface area contributed by atoms with Gasteiger partial charge in [-0.15, -0.1) is 5.10 Å². The third-order valence-corrected chi connectivity index (χ3v) is 4.15. The zero-order valence-corrected chi connectivity index (χ0v) is 10.6. The summed E-state index contributed by atoms with van der Waals surface area (Å²) < 4.78 is 3.88. The summed E-state index contributed by atoms with van der Waals surface area (Å²) in [5.41, 5.74) is 0.880. The molecule has 1 aliphatic carbocycles. The fourth-order valence-electron chi connectivity index (χ4n) is 2.40. The standard InChI is InChI=1S/C12H18N2OS/c1-2-10-12(16-14-13-10)11(15)8-9-6-4-3-5-7-9/h9H,2-8H2,1H3. The Morgan fingerprint density at radius 1 is 1.38 bits per heavy atom. The normalized spacial score (nSPS) is 17.6. The van der Waals surface area contributed by atoms with Gasteiger partial charge in [0, 0.05) is 6.42 Å². The van der Waals surface area contributed by atoms with E-state index in [9.17, 15) is 4.79 Å².